The highest BCUT2D eigenvalue weighted by molar-refractivity contribution is 6.30. The molecule has 1 aromatic carbocycles. The summed E-state index contributed by atoms with van der Waals surface area (Å²) in [7, 11) is 0. The van der Waals surface area contributed by atoms with E-state index in [1.165, 1.54) is 6.92 Å². The first kappa shape index (κ1) is 14.5. The van der Waals surface area contributed by atoms with Crippen molar-refractivity contribution >= 4 is 23.2 Å². The zero-order chi connectivity index (χ0) is 14.9. The van der Waals surface area contributed by atoms with Crippen molar-refractivity contribution in [3.63, 3.8) is 0 Å². The zero-order valence-corrected chi connectivity index (χ0v) is 12.5. The second-order valence-electron chi connectivity index (χ2n) is 4.78. The third kappa shape index (κ3) is 2.54. The number of benzene rings is 1. The van der Waals surface area contributed by atoms with E-state index < -0.39 is 0 Å². The van der Waals surface area contributed by atoms with Gasteiger partial charge in [0.15, 0.2) is 11.6 Å². The van der Waals surface area contributed by atoms with Gasteiger partial charge in [-0.05, 0) is 39.0 Å². The monoisotopic (exact) mass is 289 g/mol. The van der Waals surface area contributed by atoms with Gasteiger partial charge in [-0.25, -0.2) is 0 Å². The van der Waals surface area contributed by atoms with Gasteiger partial charge in [0.1, 0.15) is 0 Å². The molecule has 0 bridgehead atoms. The average Bonchev–Trinajstić information content (AvgIpc) is 2.73. The number of aromatic nitrogens is 1. The third-order valence-corrected chi connectivity index (χ3v) is 3.61. The standard InChI is InChI=1S/C16H16ClNO2/c1-10-7-15(16(20)9-17)11(2)18(10)14-6-4-5-13(8-14)12(3)19/h4-8H,9H2,1-3H3. The largest absolute Gasteiger partial charge is 0.318 e. The summed E-state index contributed by atoms with van der Waals surface area (Å²) >= 11 is 5.63. The molecule has 0 saturated heterocycles. The van der Waals surface area contributed by atoms with Gasteiger partial charge >= 0.3 is 0 Å². The Morgan fingerprint density at radius 2 is 1.90 bits per heavy atom. The molecule has 0 amide bonds. The van der Waals surface area contributed by atoms with Crippen molar-refractivity contribution in [2.24, 2.45) is 0 Å². The molecule has 0 atom stereocenters. The number of ketones is 2. The van der Waals surface area contributed by atoms with Crippen molar-refractivity contribution in [2.75, 3.05) is 5.88 Å². The van der Waals surface area contributed by atoms with E-state index >= 15 is 0 Å². The molecule has 0 aliphatic heterocycles. The van der Waals surface area contributed by atoms with Gasteiger partial charge in [-0.15, -0.1) is 11.6 Å². The highest BCUT2D eigenvalue weighted by Gasteiger charge is 2.16. The van der Waals surface area contributed by atoms with Crippen LogP contribution in [0.1, 0.15) is 39.0 Å². The second kappa shape index (κ2) is 5.63. The molecule has 0 aliphatic carbocycles. The molecule has 3 nitrogen and oxygen atoms in total. The van der Waals surface area contributed by atoms with Crippen molar-refractivity contribution in [1.29, 1.82) is 0 Å². The molecule has 0 radical (unpaired) electrons. The van der Waals surface area contributed by atoms with Gasteiger partial charge in [0.05, 0.1) is 5.88 Å². The summed E-state index contributed by atoms with van der Waals surface area (Å²) in [5.41, 5.74) is 3.94. The molecular weight excluding hydrogens is 274 g/mol. The van der Waals surface area contributed by atoms with Crippen molar-refractivity contribution < 1.29 is 9.59 Å². The van der Waals surface area contributed by atoms with E-state index in [-0.39, 0.29) is 17.4 Å². The van der Waals surface area contributed by atoms with Gasteiger partial charge in [0.2, 0.25) is 0 Å². The number of hydrogen-bond acceptors (Lipinski definition) is 2. The Morgan fingerprint density at radius 3 is 2.50 bits per heavy atom. The molecule has 0 aliphatic rings. The lowest BCUT2D eigenvalue weighted by atomic mass is 10.1. The molecule has 4 heteroatoms. The maximum Gasteiger partial charge on any atom is 0.179 e. The van der Waals surface area contributed by atoms with Gasteiger partial charge in [0, 0.05) is 28.2 Å². The van der Waals surface area contributed by atoms with Gasteiger partial charge in [-0.1, -0.05) is 12.1 Å². The van der Waals surface area contributed by atoms with Crippen LogP contribution in [-0.2, 0) is 0 Å². The summed E-state index contributed by atoms with van der Waals surface area (Å²) < 4.78 is 1.96. The lowest BCUT2D eigenvalue weighted by molar-refractivity contribution is 0.101. The van der Waals surface area contributed by atoms with Crippen LogP contribution in [0.5, 0.6) is 0 Å². The molecule has 20 heavy (non-hydrogen) atoms. The fourth-order valence-corrected chi connectivity index (χ4v) is 2.52. The number of carbonyl (C=O) groups excluding carboxylic acids is 2. The van der Waals surface area contributed by atoms with Crippen LogP contribution in [0.3, 0.4) is 0 Å². The number of aryl methyl sites for hydroxylation is 1. The van der Waals surface area contributed by atoms with Crippen LogP contribution in [0.2, 0.25) is 0 Å². The molecule has 2 rings (SSSR count). The number of carbonyl (C=O) groups is 2. The molecule has 0 fully saturated rings. The number of hydrogen-bond donors (Lipinski definition) is 0. The highest BCUT2D eigenvalue weighted by Crippen LogP contribution is 2.22. The Balaban J connectivity index is 2.58. The van der Waals surface area contributed by atoms with Gasteiger partial charge in [-0.2, -0.15) is 0 Å². The summed E-state index contributed by atoms with van der Waals surface area (Å²) in [6, 6.07) is 9.21. The Morgan fingerprint density at radius 1 is 1.20 bits per heavy atom. The molecule has 104 valence electrons. The van der Waals surface area contributed by atoms with E-state index in [0.717, 1.165) is 17.1 Å². The van der Waals surface area contributed by atoms with E-state index in [2.05, 4.69) is 0 Å². The van der Waals surface area contributed by atoms with Crippen LogP contribution < -0.4 is 0 Å². The Kier molecular flexibility index (Phi) is 4.09. The minimum absolute atomic E-state index is 0.0198. The van der Waals surface area contributed by atoms with Crippen LogP contribution in [0.4, 0.5) is 0 Å². The summed E-state index contributed by atoms with van der Waals surface area (Å²) in [6.07, 6.45) is 0. The number of rotatable bonds is 4. The first-order chi connectivity index (χ1) is 9.45. The number of nitrogens with zero attached hydrogens (tertiary/aromatic N) is 1. The van der Waals surface area contributed by atoms with Crippen LogP contribution in [0.15, 0.2) is 30.3 Å². The maximum atomic E-state index is 11.8. The van der Waals surface area contributed by atoms with E-state index in [1.54, 1.807) is 6.07 Å². The summed E-state index contributed by atoms with van der Waals surface area (Å²) in [5.74, 6) is -0.0993. The van der Waals surface area contributed by atoms with Crippen LogP contribution in [-0.4, -0.2) is 22.0 Å². The molecule has 1 heterocycles. The lowest BCUT2D eigenvalue weighted by Crippen LogP contribution is -2.05. The summed E-state index contributed by atoms with van der Waals surface area (Å²) in [5, 5.41) is 0. The average molecular weight is 290 g/mol. The Bertz CT molecular complexity index is 686. The second-order valence-corrected chi connectivity index (χ2v) is 5.05. The van der Waals surface area contributed by atoms with Crippen LogP contribution >= 0.6 is 11.6 Å². The fourth-order valence-electron chi connectivity index (χ4n) is 2.38. The molecule has 0 N–H and O–H groups in total. The molecule has 0 spiro atoms. The third-order valence-electron chi connectivity index (χ3n) is 3.36. The van der Waals surface area contributed by atoms with E-state index in [0.29, 0.717) is 11.1 Å². The van der Waals surface area contributed by atoms with Crippen molar-refractivity contribution in [3.05, 3.63) is 52.8 Å². The number of Topliss-reactive ketones (excluding diaryl/α,β-unsaturated/α-hetero) is 2. The maximum absolute atomic E-state index is 11.8. The summed E-state index contributed by atoms with van der Waals surface area (Å²) in [4.78, 5) is 23.3. The fraction of sp³-hybridized carbons (Fsp3) is 0.250. The molecule has 0 unspecified atom stereocenters. The van der Waals surface area contributed by atoms with Gasteiger partial charge in [-0.3, -0.25) is 9.59 Å². The van der Waals surface area contributed by atoms with Crippen molar-refractivity contribution in [1.82, 2.24) is 4.57 Å². The quantitative estimate of drug-likeness (QED) is 0.636. The number of halogens is 1. The predicted molar refractivity (Wildman–Crippen MR) is 80.3 cm³/mol. The molecule has 2 aromatic rings. The first-order valence-electron chi connectivity index (χ1n) is 6.35. The molecule has 1 aromatic heterocycles. The SMILES string of the molecule is CC(=O)c1cccc(-n2c(C)cc(C(=O)CCl)c2C)c1. The molecular formula is C16H16ClNO2. The number of alkyl halides is 1. The van der Waals surface area contributed by atoms with Gasteiger partial charge in [0.25, 0.3) is 0 Å². The van der Waals surface area contributed by atoms with Crippen molar-refractivity contribution in [2.45, 2.75) is 20.8 Å². The zero-order valence-electron chi connectivity index (χ0n) is 11.7. The van der Waals surface area contributed by atoms with Crippen molar-refractivity contribution in [3.8, 4) is 5.69 Å². The van der Waals surface area contributed by atoms with E-state index in [9.17, 15) is 9.59 Å². The minimum Gasteiger partial charge on any atom is -0.318 e. The minimum atomic E-state index is -0.0891. The summed E-state index contributed by atoms with van der Waals surface area (Å²) in [6.45, 7) is 5.35. The Hall–Kier alpha value is -1.87. The Labute approximate surface area is 123 Å². The van der Waals surface area contributed by atoms with Crippen LogP contribution in [0.25, 0.3) is 5.69 Å². The molecule has 0 saturated carbocycles. The first-order valence-corrected chi connectivity index (χ1v) is 6.88. The normalized spacial score (nSPS) is 10.6. The lowest BCUT2D eigenvalue weighted by Gasteiger charge is -2.10. The van der Waals surface area contributed by atoms with Crippen LogP contribution in [0, 0.1) is 13.8 Å². The topological polar surface area (TPSA) is 39.1 Å². The smallest absolute Gasteiger partial charge is 0.179 e. The van der Waals surface area contributed by atoms with E-state index in [1.807, 2.05) is 42.7 Å². The highest BCUT2D eigenvalue weighted by atomic mass is 35.5. The van der Waals surface area contributed by atoms with Gasteiger partial charge < -0.3 is 4.57 Å². The van der Waals surface area contributed by atoms with E-state index in [4.69, 9.17) is 11.6 Å². The predicted octanol–water partition coefficient (Wildman–Crippen LogP) is 3.72.